The number of aromatic nitrogens is 1. The molecule has 1 atom stereocenters. The number of aryl methyl sites for hydroxylation is 2. The first kappa shape index (κ1) is 16.6. The average Bonchev–Trinajstić information content (AvgIpc) is 2.57. The number of nitrogens with zero attached hydrogens (tertiary/aromatic N) is 1. The number of hydrogen-bond donors (Lipinski definition) is 1. The zero-order valence-corrected chi connectivity index (χ0v) is 14.0. The fourth-order valence-electron chi connectivity index (χ4n) is 1.86. The molecule has 0 aromatic carbocycles. The molecule has 0 fully saturated rings. The molecule has 0 radical (unpaired) electrons. The SMILES string of the molecule is CCCS(=O)(=O)NC(CC(C)C)c1nc(C)c(C)s1. The van der Waals surface area contributed by atoms with Gasteiger partial charge in [-0.15, -0.1) is 11.3 Å². The van der Waals surface area contributed by atoms with Gasteiger partial charge < -0.3 is 0 Å². The van der Waals surface area contributed by atoms with Crippen LogP contribution in [-0.2, 0) is 10.0 Å². The molecule has 6 heteroatoms. The molecule has 0 aliphatic heterocycles. The van der Waals surface area contributed by atoms with Gasteiger partial charge in [-0.3, -0.25) is 0 Å². The summed E-state index contributed by atoms with van der Waals surface area (Å²) < 4.78 is 26.7. The Labute approximate surface area is 120 Å². The van der Waals surface area contributed by atoms with E-state index in [1.54, 1.807) is 11.3 Å². The Kier molecular flexibility index (Phi) is 5.95. The molecule has 0 aliphatic carbocycles. The highest BCUT2D eigenvalue weighted by Gasteiger charge is 2.23. The highest BCUT2D eigenvalue weighted by atomic mass is 32.2. The van der Waals surface area contributed by atoms with E-state index in [-0.39, 0.29) is 11.8 Å². The Morgan fingerprint density at radius 2 is 1.95 bits per heavy atom. The van der Waals surface area contributed by atoms with Gasteiger partial charge in [-0.25, -0.2) is 18.1 Å². The van der Waals surface area contributed by atoms with Crippen LogP contribution in [0.1, 0.15) is 55.2 Å². The molecule has 0 bridgehead atoms. The highest BCUT2D eigenvalue weighted by molar-refractivity contribution is 7.89. The van der Waals surface area contributed by atoms with Gasteiger partial charge in [-0.1, -0.05) is 20.8 Å². The highest BCUT2D eigenvalue weighted by Crippen LogP contribution is 2.28. The van der Waals surface area contributed by atoms with Gasteiger partial charge in [0.2, 0.25) is 10.0 Å². The van der Waals surface area contributed by atoms with Crippen LogP contribution >= 0.6 is 11.3 Å². The number of sulfonamides is 1. The number of nitrogens with one attached hydrogen (secondary N) is 1. The van der Waals surface area contributed by atoms with Crippen molar-refractivity contribution in [1.29, 1.82) is 0 Å². The number of rotatable bonds is 7. The average molecular weight is 304 g/mol. The molecule has 1 aromatic heterocycles. The van der Waals surface area contributed by atoms with Gasteiger partial charge in [0.05, 0.1) is 17.5 Å². The minimum absolute atomic E-state index is 0.172. The van der Waals surface area contributed by atoms with Crippen molar-refractivity contribution in [3.8, 4) is 0 Å². The van der Waals surface area contributed by atoms with Crippen LogP contribution < -0.4 is 4.72 Å². The molecular formula is C13H24N2O2S2. The smallest absolute Gasteiger partial charge is 0.212 e. The van der Waals surface area contributed by atoms with Crippen molar-refractivity contribution in [2.75, 3.05) is 5.75 Å². The van der Waals surface area contributed by atoms with E-state index in [0.29, 0.717) is 12.3 Å². The lowest BCUT2D eigenvalue weighted by molar-refractivity contribution is 0.470. The molecule has 0 spiro atoms. The van der Waals surface area contributed by atoms with Gasteiger partial charge in [0.15, 0.2) is 0 Å². The first-order valence-corrected chi connectivity index (χ1v) is 9.16. The second kappa shape index (κ2) is 6.81. The van der Waals surface area contributed by atoms with Crippen LogP contribution in [0.3, 0.4) is 0 Å². The van der Waals surface area contributed by atoms with E-state index in [9.17, 15) is 8.42 Å². The summed E-state index contributed by atoms with van der Waals surface area (Å²) in [6, 6.07) is -0.200. The molecule has 0 saturated carbocycles. The Bertz CT molecular complexity index is 487. The lowest BCUT2D eigenvalue weighted by Crippen LogP contribution is -2.31. The van der Waals surface area contributed by atoms with E-state index in [1.165, 1.54) is 0 Å². The van der Waals surface area contributed by atoms with E-state index < -0.39 is 10.0 Å². The monoisotopic (exact) mass is 304 g/mol. The topological polar surface area (TPSA) is 59.1 Å². The van der Waals surface area contributed by atoms with Gasteiger partial charge in [-0.2, -0.15) is 0 Å². The van der Waals surface area contributed by atoms with E-state index in [2.05, 4.69) is 23.6 Å². The molecule has 4 nitrogen and oxygen atoms in total. The Balaban J connectivity index is 2.95. The molecular weight excluding hydrogens is 280 g/mol. The second-order valence-corrected chi connectivity index (χ2v) is 8.42. The summed E-state index contributed by atoms with van der Waals surface area (Å²) in [4.78, 5) is 5.65. The van der Waals surface area contributed by atoms with Crippen LogP contribution in [0.15, 0.2) is 0 Å². The fourth-order valence-corrected chi connectivity index (χ4v) is 4.22. The van der Waals surface area contributed by atoms with Gasteiger partial charge in [0.1, 0.15) is 5.01 Å². The lowest BCUT2D eigenvalue weighted by Gasteiger charge is -2.18. The van der Waals surface area contributed by atoms with Crippen molar-refractivity contribution in [3.63, 3.8) is 0 Å². The molecule has 1 rings (SSSR count). The Morgan fingerprint density at radius 1 is 1.32 bits per heavy atom. The third-order valence-electron chi connectivity index (χ3n) is 2.84. The second-order valence-electron chi connectivity index (χ2n) is 5.31. The van der Waals surface area contributed by atoms with Crippen LogP contribution in [0.25, 0.3) is 0 Å². The van der Waals surface area contributed by atoms with E-state index >= 15 is 0 Å². The molecule has 1 aromatic rings. The van der Waals surface area contributed by atoms with Crippen molar-refractivity contribution in [3.05, 3.63) is 15.6 Å². The first-order chi connectivity index (χ1) is 8.75. The van der Waals surface area contributed by atoms with Crippen molar-refractivity contribution in [1.82, 2.24) is 9.71 Å². The number of hydrogen-bond acceptors (Lipinski definition) is 4. The van der Waals surface area contributed by atoms with Crippen molar-refractivity contribution in [2.45, 2.75) is 53.5 Å². The standard InChI is InChI=1S/C13H24N2O2S2/c1-6-7-19(16,17)15-12(8-9(2)3)13-14-10(4)11(5)18-13/h9,12,15H,6-8H2,1-5H3. The largest absolute Gasteiger partial charge is 0.245 e. The van der Waals surface area contributed by atoms with E-state index in [0.717, 1.165) is 22.0 Å². The summed E-state index contributed by atoms with van der Waals surface area (Å²) in [5.74, 6) is 0.587. The zero-order chi connectivity index (χ0) is 14.6. The third kappa shape index (κ3) is 5.20. The number of thiazole rings is 1. The summed E-state index contributed by atoms with van der Waals surface area (Å²) in [6.07, 6.45) is 1.40. The summed E-state index contributed by atoms with van der Waals surface area (Å²) >= 11 is 1.59. The summed E-state index contributed by atoms with van der Waals surface area (Å²) in [6.45, 7) is 10.0. The van der Waals surface area contributed by atoms with Crippen LogP contribution in [0.5, 0.6) is 0 Å². The quantitative estimate of drug-likeness (QED) is 0.841. The van der Waals surface area contributed by atoms with E-state index in [1.807, 2.05) is 20.8 Å². The van der Waals surface area contributed by atoms with Crippen molar-refractivity contribution in [2.24, 2.45) is 5.92 Å². The molecule has 0 amide bonds. The van der Waals surface area contributed by atoms with Crippen LogP contribution in [0.4, 0.5) is 0 Å². The van der Waals surface area contributed by atoms with Gasteiger partial charge in [0.25, 0.3) is 0 Å². The van der Waals surface area contributed by atoms with Crippen molar-refractivity contribution >= 4 is 21.4 Å². The third-order valence-corrected chi connectivity index (χ3v) is 5.62. The van der Waals surface area contributed by atoms with Crippen molar-refractivity contribution < 1.29 is 8.42 Å². The molecule has 0 aliphatic rings. The minimum Gasteiger partial charge on any atom is -0.245 e. The predicted octanol–water partition coefficient (Wildman–Crippen LogP) is 3.18. The molecule has 19 heavy (non-hydrogen) atoms. The van der Waals surface area contributed by atoms with Crippen LogP contribution in [-0.4, -0.2) is 19.2 Å². The molecule has 1 heterocycles. The van der Waals surface area contributed by atoms with Gasteiger partial charge in [-0.05, 0) is 32.6 Å². The Hall–Kier alpha value is -0.460. The van der Waals surface area contributed by atoms with E-state index in [4.69, 9.17) is 0 Å². The maximum absolute atomic E-state index is 12.0. The Morgan fingerprint density at radius 3 is 2.37 bits per heavy atom. The normalized spacial score (nSPS) is 14.0. The summed E-state index contributed by atoms with van der Waals surface area (Å²) in [5.41, 5.74) is 0.989. The summed E-state index contributed by atoms with van der Waals surface area (Å²) in [7, 11) is -3.21. The fraction of sp³-hybridized carbons (Fsp3) is 0.769. The van der Waals surface area contributed by atoms with Crippen LogP contribution in [0, 0.1) is 19.8 Å². The molecule has 1 unspecified atom stereocenters. The predicted molar refractivity (Wildman–Crippen MR) is 81.0 cm³/mol. The first-order valence-electron chi connectivity index (χ1n) is 6.69. The van der Waals surface area contributed by atoms with Gasteiger partial charge >= 0.3 is 0 Å². The zero-order valence-electron chi connectivity index (χ0n) is 12.4. The maximum atomic E-state index is 12.0. The molecule has 1 N–H and O–H groups in total. The summed E-state index contributed by atoms with van der Waals surface area (Å²) in [5, 5.41) is 0.878. The van der Waals surface area contributed by atoms with Crippen LogP contribution in [0.2, 0.25) is 0 Å². The minimum atomic E-state index is -3.21. The lowest BCUT2D eigenvalue weighted by atomic mass is 10.1. The maximum Gasteiger partial charge on any atom is 0.212 e. The molecule has 110 valence electrons. The molecule has 0 saturated heterocycles. The van der Waals surface area contributed by atoms with Gasteiger partial charge in [0, 0.05) is 4.88 Å².